The zero-order valence-corrected chi connectivity index (χ0v) is 13.0. The third kappa shape index (κ3) is 3.34. The van der Waals surface area contributed by atoms with Gasteiger partial charge in [-0.1, -0.05) is 36.4 Å². The molecule has 118 valence electrons. The van der Waals surface area contributed by atoms with E-state index in [1.165, 1.54) is 0 Å². The van der Waals surface area contributed by atoms with Crippen molar-refractivity contribution in [3.8, 4) is 0 Å². The highest BCUT2D eigenvalue weighted by Gasteiger charge is 2.33. The zero-order chi connectivity index (χ0) is 16.2. The van der Waals surface area contributed by atoms with Crippen molar-refractivity contribution in [2.75, 3.05) is 16.8 Å². The van der Waals surface area contributed by atoms with Crippen molar-refractivity contribution in [3.63, 3.8) is 0 Å². The number of amides is 3. The Morgan fingerprint density at radius 2 is 1.78 bits per heavy atom. The Morgan fingerprint density at radius 3 is 2.52 bits per heavy atom. The van der Waals surface area contributed by atoms with Crippen LogP contribution in [0.5, 0.6) is 0 Å². The minimum atomic E-state index is -0.487. The van der Waals surface area contributed by atoms with Gasteiger partial charge in [0.15, 0.2) is 0 Å². The molecule has 0 radical (unpaired) electrons. The molecule has 0 unspecified atom stereocenters. The topological polar surface area (TPSA) is 61.4 Å². The highest BCUT2D eigenvalue weighted by Crippen LogP contribution is 2.21. The van der Waals surface area contributed by atoms with Crippen molar-refractivity contribution >= 4 is 23.3 Å². The fourth-order valence-electron chi connectivity index (χ4n) is 2.71. The van der Waals surface area contributed by atoms with Crippen LogP contribution >= 0.6 is 0 Å². The van der Waals surface area contributed by atoms with E-state index < -0.39 is 6.04 Å². The summed E-state index contributed by atoms with van der Waals surface area (Å²) in [5.74, 6) is -0.0730. The molecule has 0 saturated carbocycles. The van der Waals surface area contributed by atoms with E-state index in [0.717, 1.165) is 16.9 Å². The van der Waals surface area contributed by atoms with Crippen molar-refractivity contribution < 1.29 is 9.59 Å². The van der Waals surface area contributed by atoms with Crippen LogP contribution in [0.3, 0.4) is 0 Å². The van der Waals surface area contributed by atoms with Gasteiger partial charge in [0.2, 0.25) is 5.91 Å². The van der Waals surface area contributed by atoms with E-state index in [4.69, 9.17) is 0 Å². The number of urea groups is 1. The number of nitrogens with zero attached hydrogens (tertiary/aromatic N) is 1. The molecule has 0 spiro atoms. The highest BCUT2D eigenvalue weighted by atomic mass is 16.2. The zero-order valence-electron chi connectivity index (χ0n) is 13.0. The number of hydrogen-bond acceptors (Lipinski definition) is 2. The van der Waals surface area contributed by atoms with Crippen LogP contribution in [0.15, 0.2) is 54.6 Å². The molecule has 1 heterocycles. The number of rotatable bonds is 3. The number of benzene rings is 2. The number of hydrogen-bond donors (Lipinski definition) is 2. The van der Waals surface area contributed by atoms with Crippen LogP contribution in [0.2, 0.25) is 0 Å². The molecule has 1 atom stereocenters. The summed E-state index contributed by atoms with van der Waals surface area (Å²) in [6, 6.07) is 16.2. The second kappa shape index (κ2) is 6.52. The highest BCUT2D eigenvalue weighted by molar-refractivity contribution is 6.02. The summed E-state index contributed by atoms with van der Waals surface area (Å²) >= 11 is 0. The predicted octanol–water partition coefficient (Wildman–Crippen LogP) is 2.92. The van der Waals surface area contributed by atoms with Crippen molar-refractivity contribution in [1.29, 1.82) is 0 Å². The minimum absolute atomic E-state index is 0.0730. The van der Waals surface area contributed by atoms with Gasteiger partial charge in [-0.3, -0.25) is 4.79 Å². The summed E-state index contributed by atoms with van der Waals surface area (Å²) in [4.78, 5) is 26.3. The van der Waals surface area contributed by atoms with Gasteiger partial charge in [0.05, 0.1) is 0 Å². The summed E-state index contributed by atoms with van der Waals surface area (Å²) in [6.45, 7) is 2.53. The van der Waals surface area contributed by atoms with Crippen molar-refractivity contribution in [2.24, 2.45) is 0 Å². The number of para-hydroxylation sites is 2. The Labute approximate surface area is 135 Å². The molecular formula is C18H19N3O2. The van der Waals surface area contributed by atoms with E-state index in [9.17, 15) is 9.59 Å². The lowest BCUT2D eigenvalue weighted by molar-refractivity contribution is -0.118. The summed E-state index contributed by atoms with van der Waals surface area (Å²) in [5, 5.41) is 5.55. The monoisotopic (exact) mass is 309 g/mol. The van der Waals surface area contributed by atoms with E-state index in [0.29, 0.717) is 13.0 Å². The van der Waals surface area contributed by atoms with Gasteiger partial charge in [-0.05, 0) is 37.1 Å². The first-order valence-electron chi connectivity index (χ1n) is 7.65. The number of aryl methyl sites for hydroxylation is 1. The number of carbonyl (C=O) groups is 2. The van der Waals surface area contributed by atoms with E-state index >= 15 is 0 Å². The van der Waals surface area contributed by atoms with E-state index in [2.05, 4.69) is 10.6 Å². The summed E-state index contributed by atoms with van der Waals surface area (Å²) < 4.78 is 0. The van der Waals surface area contributed by atoms with Crippen LogP contribution in [-0.2, 0) is 4.79 Å². The molecule has 0 aliphatic carbocycles. The maximum atomic E-state index is 12.4. The summed E-state index contributed by atoms with van der Waals surface area (Å²) in [7, 11) is 0. The molecule has 1 saturated heterocycles. The maximum Gasteiger partial charge on any atom is 0.319 e. The van der Waals surface area contributed by atoms with Crippen molar-refractivity contribution in [1.82, 2.24) is 5.32 Å². The standard InChI is InChI=1S/C18H19N3O2/c1-13-7-5-6-10-15(13)19-18(23)20-16-11-12-21(17(16)22)14-8-3-2-4-9-14/h2-10,16H,11-12H2,1H3,(H2,19,20,23)/t16-/m1/s1. The molecule has 3 amide bonds. The van der Waals surface area contributed by atoms with Crippen LogP contribution in [0.4, 0.5) is 16.2 Å². The predicted molar refractivity (Wildman–Crippen MR) is 90.5 cm³/mol. The van der Waals surface area contributed by atoms with Crippen LogP contribution in [0, 0.1) is 6.92 Å². The number of anilines is 2. The molecule has 1 aliphatic rings. The Hall–Kier alpha value is -2.82. The Kier molecular flexibility index (Phi) is 4.28. The molecule has 0 aromatic heterocycles. The van der Waals surface area contributed by atoms with Gasteiger partial charge in [0.1, 0.15) is 6.04 Å². The lowest BCUT2D eigenvalue weighted by Gasteiger charge is -2.17. The second-order valence-electron chi connectivity index (χ2n) is 5.58. The number of carbonyl (C=O) groups excluding carboxylic acids is 2. The van der Waals surface area contributed by atoms with E-state index in [1.807, 2.05) is 61.5 Å². The smallest absolute Gasteiger partial charge is 0.319 e. The van der Waals surface area contributed by atoms with E-state index in [-0.39, 0.29) is 11.9 Å². The van der Waals surface area contributed by atoms with Crippen LogP contribution in [0.1, 0.15) is 12.0 Å². The largest absolute Gasteiger partial charge is 0.326 e. The molecule has 1 fully saturated rings. The Balaban J connectivity index is 1.62. The quantitative estimate of drug-likeness (QED) is 0.916. The summed E-state index contributed by atoms with van der Waals surface area (Å²) in [6.07, 6.45) is 0.606. The molecule has 23 heavy (non-hydrogen) atoms. The van der Waals surface area contributed by atoms with Crippen LogP contribution in [-0.4, -0.2) is 24.5 Å². The van der Waals surface area contributed by atoms with Gasteiger partial charge in [0, 0.05) is 17.9 Å². The van der Waals surface area contributed by atoms with Gasteiger partial charge >= 0.3 is 6.03 Å². The molecule has 3 rings (SSSR count). The van der Waals surface area contributed by atoms with Gasteiger partial charge in [0.25, 0.3) is 0 Å². The SMILES string of the molecule is Cc1ccccc1NC(=O)N[C@@H]1CCN(c2ccccc2)C1=O. The lowest BCUT2D eigenvalue weighted by Crippen LogP contribution is -2.43. The van der Waals surface area contributed by atoms with Crippen LogP contribution in [0.25, 0.3) is 0 Å². The van der Waals surface area contributed by atoms with Crippen molar-refractivity contribution in [3.05, 3.63) is 60.2 Å². The minimum Gasteiger partial charge on any atom is -0.326 e. The third-order valence-corrected chi connectivity index (χ3v) is 3.97. The first-order chi connectivity index (χ1) is 11.1. The first kappa shape index (κ1) is 15.1. The summed E-state index contributed by atoms with van der Waals surface area (Å²) in [5.41, 5.74) is 2.59. The molecule has 0 bridgehead atoms. The first-order valence-corrected chi connectivity index (χ1v) is 7.65. The molecule has 5 heteroatoms. The molecule has 2 aromatic rings. The van der Waals surface area contributed by atoms with Crippen LogP contribution < -0.4 is 15.5 Å². The number of nitrogens with one attached hydrogen (secondary N) is 2. The van der Waals surface area contributed by atoms with E-state index in [1.54, 1.807) is 4.90 Å². The second-order valence-corrected chi connectivity index (χ2v) is 5.58. The fourth-order valence-corrected chi connectivity index (χ4v) is 2.71. The normalized spacial score (nSPS) is 17.2. The average Bonchev–Trinajstić information content (AvgIpc) is 2.91. The van der Waals surface area contributed by atoms with Gasteiger partial charge in [-0.25, -0.2) is 4.79 Å². The molecular weight excluding hydrogens is 290 g/mol. The Bertz CT molecular complexity index is 715. The lowest BCUT2D eigenvalue weighted by atomic mass is 10.2. The molecule has 2 aromatic carbocycles. The molecule has 1 aliphatic heterocycles. The van der Waals surface area contributed by atoms with Crippen molar-refractivity contribution in [2.45, 2.75) is 19.4 Å². The van der Waals surface area contributed by atoms with Gasteiger partial charge < -0.3 is 15.5 Å². The fraction of sp³-hybridized carbons (Fsp3) is 0.222. The molecule has 5 nitrogen and oxygen atoms in total. The average molecular weight is 309 g/mol. The Morgan fingerprint density at radius 1 is 1.09 bits per heavy atom. The maximum absolute atomic E-state index is 12.4. The van der Waals surface area contributed by atoms with Gasteiger partial charge in [-0.2, -0.15) is 0 Å². The molecule has 2 N–H and O–H groups in total. The van der Waals surface area contributed by atoms with Gasteiger partial charge in [-0.15, -0.1) is 0 Å². The third-order valence-electron chi connectivity index (χ3n) is 3.97.